The van der Waals surface area contributed by atoms with Crippen molar-refractivity contribution in [2.75, 3.05) is 24.6 Å². The largest absolute Gasteiger partial charge is 0.328 e. The number of sulfone groups is 1. The fraction of sp³-hybridized carbons (Fsp3) is 1.00. The van der Waals surface area contributed by atoms with Gasteiger partial charge in [-0.2, -0.15) is 0 Å². The Balaban J connectivity index is 1.88. The highest BCUT2D eigenvalue weighted by Crippen LogP contribution is 2.25. The first-order valence-corrected chi connectivity index (χ1v) is 8.50. The molecule has 2 heterocycles. The zero-order valence-electron chi connectivity index (χ0n) is 10.6. The number of nitrogens with two attached hydrogens (primary N) is 1. The molecule has 2 unspecified atom stereocenters. The predicted octanol–water partition coefficient (Wildman–Crippen LogP) is 0.623. The molecule has 2 rings (SSSR count). The summed E-state index contributed by atoms with van der Waals surface area (Å²) in [4.78, 5) is 2.37. The molecule has 2 saturated heterocycles. The minimum Gasteiger partial charge on any atom is -0.328 e. The van der Waals surface area contributed by atoms with Crippen molar-refractivity contribution in [1.82, 2.24) is 4.90 Å². The molecule has 2 aliphatic rings. The van der Waals surface area contributed by atoms with Crippen LogP contribution in [0.5, 0.6) is 0 Å². The van der Waals surface area contributed by atoms with E-state index in [-0.39, 0.29) is 12.1 Å². The second kappa shape index (κ2) is 5.24. The molecule has 5 heteroatoms. The molecule has 0 bridgehead atoms. The number of hydrogen-bond acceptors (Lipinski definition) is 4. The van der Waals surface area contributed by atoms with Crippen LogP contribution in [0.2, 0.25) is 0 Å². The normalized spacial score (nSPS) is 33.4. The molecule has 2 N–H and O–H groups in total. The maximum Gasteiger partial charge on any atom is 0.151 e. The van der Waals surface area contributed by atoms with Crippen LogP contribution in [0.15, 0.2) is 0 Å². The summed E-state index contributed by atoms with van der Waals surface area (Å²) in [5.74, 6) is 1.38. The van der Waals surface area contributed by atoms with E-state index < -0.39 is 9.84 Å². The first-order valence-electron chi connectivity index (χ1n) is 6.68. The summed E-state index contributed by atoms with van der Waals surface area (Å²) in [6, 6.07) is 0.537. The first kappa shape index (κ1) is 13.3. The molecular weight excluding hydrogens is 236 g/mol. The lowest BCUT2D eigenvalue weighted by Gasteiger charge is -2.39. The van der Waals surface area contributed by atoms with Gasteiger partial charge in [-0.1, -0.05) is 0 Å². The third kappa shape index (κ3) is 3.42. The van der Waals surface area contributed by atoms with Crippen molar-refractivity contribution in [3.05, 3.63) is 0 Å². The summed E-state index contributed by atoms with van der Waals surface area (Å²) in [5, 5.41) is 0. The maximum absolute atomic E-state index is 11.6. The molecule has 0 saturated carbocycles. The summed E-state index contributed by atoms with van der Waals surface area (Å²) >= 11 is 0. The Kier molecular flexibility index (Phi) is 4.10. The van der Waals surface area contributed by atoms with E-state index in [2.05, 4.69) is 11.8 Å². The van der Waals surface area contributed by atoms with Crippen molar-refractivity contribution in [2.24, 2.45) is 11.7 Å². The van der Waals surface area contributed by atoms with Gasteiger partial charge < -0.3 is 5.73 Å². The van der Waals surface area contributed by atoms with Crippen LogP contribution in [0, 0.1) is 5.92 Å². The first-order chi connectivity index (χ1) is 7.98. The third-order valence-corrected chi connectivity index (χ3v) is 6.08. The molecule has 2 aliphatic heterocycles. The van der Waals surface area contributed by atoms with Crippen LogP contribution in [0.1, 0.15) is 32.6 Å². The highest BCUT2D eigenvalue weighted by molar-refractivity contribution is 7.91. The van der Waals surface area contributed by atoms with Gasteiger partial charge in [-0.15, -0.1) is 0 Å². The topological polar surface area (TPSA) is 63.4 Å². The molecule has 2 atom stereocenters. The lowest BCUT2D eigenvalue weighted by molar-refractivity contribution is 0.126. The Labute approximate surface area is 104 Å². The van der Waals surface area contributed by atoms with Crippen LogP contribution in [-0.2, 0) is 9.84 Å². The molecule has 0 amide bonds. The van der Waals surface area contributed by atoms with Gasteiger partial charge in [0.25, 0.3) is 0 Å². The Morgan fingerprint density at radius 3 is 2.41 bits per heavy atom. The second-order valence-corrected chi connectivity index (χ2v) is 7.87. The van der Waals surface area contributed by atoms with E-state index in [0.717, 1.165) is 38.8 Å². The van der Waals surface area contributed by atoms with Crippen LogP contribution in [-0.4, -0.2) is 50.0 Å². The van der Waals surface area contributed by atoms with E-state index >= 15 is 0 Å². The molecule has 0 aromatic rings. The van der Waals surface area contributed by atoms with E-state index in [1.165, 1.54) is 0 Å². The van der Waals surface area contributed by atoms with Crippen molar-refractivity contribution >= 4 is 9.84 Å². The van der Waals surface area contributed by atoms with E-state index in [1.54, 1.807) is 0 Å². The zero-order chi connectivity index (χ0) is 12.5. The van der Waals surface area contributed by atoms with E-state index in [4.69, 9.17) is 5.73 Å². The average molecular weight is 260 g/mol. The van der Waals surface area contributed by atoms with Crippen LogP contribution in [0.25, 0.3) is 0 Å². The monoisotopic (exact) mass is 260 g/mol. The zero-order valence-corrected chi connectivity index (χ0v) is 11.5. The van der Waals surface area contributed by atoms with Gasteiger partial charge in [0.15, 0.2) is 9.84 Å². The fourth-order valence-electron chi connectivity index (χ4n) is 3.10. The smallest absolute Gasteiger partial charge is 0.151 e. The number of likely N-dealkylation sites (tertiary alicyclic amines) is 1. The highest BCUT2D eigenvalue weighted by atomic mass is 32.2. The lowest BCUT2D eigenvalue weighted by Crippen LogP contribution is -2.48. The third-order valence-electron chi connectivity index (χ3n) is 4.27. The Morgan fingerprint density at radius 1 is 1.24 bits per heavy atom. The Hall–Kier alpha value is -0.130. The number of rotatable bonds is 2. The summed E-state index contributed by atoms with van der Waals surface area (Å²) in [5.41, 5.74) is 5.92. The van der Waals surface area contributed by atoms with Gasteiger partial charge in [0.2, 0.25) is 0 Å². The Morgan fingerprint density at radius 2 is 1.88 bits per heavy atom. The van der Waals surface area contributed by atoms with Crippen molar-refractivity contribution in [3.63, 3.8) is 0 Å². The fourth-order valence-corrected chi connectivity index (χ4v) is 4.83. The average Bonchev–Trinajstić information content (AvgIpc) is 2.28. The van der Waals surface area contributed by atoms with Crippen LogP contribution in [0.4, 0.5) is 0 Å². The van der Waals surface area contributed by atoms with Crippen molar-refractivity contribution in [1.29, 1.82) is 0 Å². The minimum absolute atomic E-state index is 0.266. The molecule has 2 fully saturated rings. The summed E-state index contributed by atoms with van der Waals surface area (Å²) in [6.45, 7) is 4.12. The highest BCUT2D eigenvalue weighted by Gasteiger charge is 2.32. The quantitative estimate of drug-likeness (QED) is 0.791. The van der Waals surface area contributed by atoms with E-state index in [9.17, 15) is 8.42 Å². The van der Waals surface area contributed by atoms with Crippen LogP contribution >= 0.6 is 0 Å². The molecule has 0 aromatic carbocycles. The van der Waals surface area contributed by atoms with E-state index in [1.807, 2.05) is 0 Å². The molecule has 0 radical (unpaired) electrons. The lowest BCUT2D eigenvalue weighted by atomic mass is 9.90. The molecule has 100 valence electrons. The summed E-state index contributed by atoms with van der Waals surface area (Å²) in [6.07, 6.45) is 4.12. The molecule has 0 aliphatic carbocycles. The minimum atomic E-state index is -2.78. The van der Waals surface area contributed by atoms with Gasteiger partial charge in [-0.05, 0) is 51.6 Å². The van der Waals surface area contributed by atoms with Gasteiger partial charge >= 0.3 is 0 Å². The van der Waals surface area contributed by atoms with Crippen molar-refractivity contribution in [2.45, 2.75) is 44.7 Å². The van der Waals surface area contributed by atoms with Gasteiger partial charge in [0, 0.05) is 12.1 Å². The maximum atomic E-state index is 11.6. The van der Waals surface area contributed by atoms with Crippen LogP contribution in [0.3, 0.4) is 0 Å². The molecule has 17 heavy (non-hydrogen) atoms. The van der Waals surface area contributed by atoms with Gasteiger partial charge in [-0.25, -0.2) is 8.42 Å². The van der Waals surface area contributed by atoms with Gasteiger partial charge in [0.05, 0.1) is 11.5 Å². The second-order valence-electron chi connectivity index (χ2n) is 5.64. The van der Waals surface area contributed by atoms with E-state index in [0.29, 0.717) is 17.4 Å². The summed E-state index contributed by atoms with van der Waals surface area (Å²) in [7, 11) is -2.78. The molecule has 0 aromatic heterocycles. The number of piperidine rings is 1. The van der Waals surface area contributed by atoms with Gasteiger partial charge in [-0.3, -0.25) is 4.90 Å². The molecule has 4 nitrogen and oxygen atoms in total. The SMILES string of the molecule is CC(N)C1CCN(C2CCCS(=O)(=O)C2)CC1. The van der Waals surface area contributed by atoms with Crippen LogP contribution < -0.4 is 5.73 Å². The standard InChI is InChI=1S/C12H24N2O2S/c1-10(13)11-4-6-14(7-5-11)12-3-2-8-17(15,16)9-12/h10-12H,2-9,13H2,1H3. The molecular formula is C12H24N2O2S. The number of hydrogen-bond donors (Lipinski definition) is 1. The van der Waals surface area contributed by atoms with Gasteiger partial charge in [0.1, 0.15) is 0 Å². The van der Waals surface area contributed by atoms with Crippen molar-refractivity contribution in [3.8, 4) is 0 Å². The number of nitrogens with zero attached hydrogens (tertiary/aromatic N) is 1. The molecule has 0 spiro atoms. The van der Waals surface area contributed by atoms with Crippen molar-refractivity contribution < 1.29 is 8.42 Å². The Bertz CT molecular complexity index is 346. The summed E-state index contributed by atoms with van der Waals surface area (Å²) < 4.78 is 23.3. The predicted molar refractivity (Wildman–Crippen MR) is 69.6 cm³/mol.